The number of rotatable bonds is 5. The number of ether oxygens (including phenoxy) is 1. The van der Waals surface area contributed by atoms with E-state index < -0.39 is 0 Å². The molecule has 2 aromatic rings. The fraction of sp³-hybridized carbons (Fsp3) is 0.316. The fourth-order valence-electron chi connectivity index (χ4n) is 2.61. The number of hydrogen-bond donors (Lipinski definition) is 1. The van der Waals surface area contributed by atoms with E-state index in [2.05, 4.69) is 37.4 Å². The molecule has 0 aromatic heterocycles. The number of benzene rings is 2. The quantitative estimate of drug-likeness (QED) is 0.913. The van der Waals surface area contributed by atoms with Crippen molar-refractivity contribution in [2.75, 3.05) is 7.11 Å². The highest BCUT2D eigenvalue weighted by Gasteiger charge is 2.12. The SMILES string of the molecule is COc1ccc(CC(=O)N[C@@H](C)c2ccc(C)cc2C)cc1. The first-order valence-electron chi connectivity index (χ1n) is 7.49. The van der Waals surface area contributed by atoms with Gasteiger partial charge in [0.05, 0.1) is 19.6 Å². The van der Waals surface area contributed by atoms with Crippen LogP contribution >= 0.6 is 0 Å². The van der Waals surface area contributed by atoms with E-state index in [-0.39, 0.29) is 11.9 Å². The fourth-order valence-corrected chi connectivity index (χ4v) is 2.61. The van der Waals surface area contributed by atoms with Crippen LogP contribution in [0.2, 0.25) is 0 Å². The van der Waals surface area contributed by atoms with E-state index >= 15 is 0 Å². The summed E-state index contributed by atoms with van der Waals surface area (Å²) in [6, 6.07) is 13.9. The third-order valence-corrected chi connectivity index (χ3v) is 3.79. The molecule has 116 valence electrons. The highest BCUT2D eigenvalue weighted by molar-refractivity contribution is 5.79. The van der Waals surface area contributed by atoms with E-state index in [1.807, 2.05) is 31.2 Å². The van der Waals surface area contributed by atoms with Gasteiger partial charge in [0.15, 0.2) is 0 Å². The summed E-state index contributed by atoms with van der Waals surface area (Å²) in [6.45, 7) is 6.17. The van der Waals surface area contributed by atoms with Crippen LogP contribution in [-0.2, 0) is 11.2 Å². The van der Waals surface area contributed by atoms with Gasteiger partial charge < -0.3 is 10.1 Å². The van der Waals surface area contributed by atoms with Crippen molar-refractivity contribution in [1.82, 2.24) is 5.32 Å². The molecule has 0 saturated carbocycles. The second-order valence-electron chi connectivity index (χ2n) is 5.67. The van der Waals surface area contributed by atoms with Gasteiger partial charge >= 0.3 is 0 Å². The maximum absolute atomic E-state index is 12.2. The van der Waals surface area contributed by atoms with Crippen LogP contribution in [0.1, 0.15) is 35.2 Å². The van der Waals surface area contributed by atoms with Crippen LogP contribution in [0.15, 0.2) is 42.5 Å². The highest BCUT2D eigenvalue weighted by atomic mass is 16.5. The summed E-state index contributed by atoms with van der Waals surface area (Å²) in [6.07, 6.45) is 0.374. The summed E-state index contributed by atoms with van der Waals surface area (Å²) in [7, 11) is 1.63. The molecule has 2 rings (SSSR count). The molecule has 0 radical (unpaired) electrons. The Hall–Kier alpha value is -2.29. The predicted octanol–water partition coefficient (Wildman–Crippen LogP) is 3.73. The van der Waals surface area contributed by atoms with Crippen LogP contribution < -0.4 is 10.1 Å². The molecule has 0 unspecified atom stereocenters. The second kappa shape index (κ2) is 7.12. The molecule has 0 aliphatic rings. The van der Waals surface area contributed by atoms with Crippen LogP contribution in [0.25, 0.3) is 0 Å². The predicted molar refractivity (Wildman–Crippen MR) is 89.2 cm³/mol. The van der Waals surface area contributed by atoms with Gasteiger partial charge in [-0.25, -0.2) is 0 Å². The van der Waals surface area contributed by atoms with Crippen LogP contribution in [0.5, 0.6) is 5.75 Å². The lowest BCUT2D eigenvalue weighted by atomic mass is 10.00. The van der Waals surface area contributed by atoms with Crippen molar-refractivity contribution in [3.8, 4) is 5.75 Å². The standard InChI is InChI=1S/C19H23NO2/c1-13-5-10-18(14(2)11-13)15(3)20-19(21)12-16-6-8-17(22-4)9-7-16/h5-11,15H,12H2,1-4H3,(H,20,21)/t15-/m0/s1. The zero-order valence-corrected chi connectivity index (χ0v) is 13.6. The van der Waals surface area contributed by atoms with E-state index in [0.29, 0.717) is 6.42 Å². The summed E-state index contributed by atoms with van der Waals surface area (Å²) < 4.78 is 5.12. The first-order chi connectivity index (χ1) is 10.5. The normalized spacial score (nSPS) is 11.8. The molecule has 0 aliphatic heterocycles. The number of methoxy groups -OCH3 is 1. The van der Waals surface area contributed by atoms with Crippen LogP contribution in [0.3, 0.4) is 0 Å². The Bertz CT molecular complexity index is 647. The topological polar surface area (TPSA) is 38.3 Å². The van der Waals surface area contributed by atoms with Gasteiger partial charge in [0.1, 0.15) is 5.75 Å². The third-order valence-electron chi connectivity index (χ3n) is 3.79. The summed E-state index contributed by atoms with van der Waals surface area (Å²) in [5.74, 6) is 0.824. The number of amides is 1. The van der Waals surface area contributed by atoms with Crippen LogP contribution in [0.4, 0.5) is 0 Å². The zero-order chi connectivity index (χ0) is 16.1. The van der Waals surface area contributed by atoms with Gasteiger partial charge in [-0.3, -0.25) is 4.79 Å². The average Bonchev–Trinajstić information content (AvgIpc) is 2.47. The monoisotopic (exact) mass is 297 g/mol. The smallest absolute Gasteiger partial charge is 0.224 e. The highest BCUT2D eigenvalue weighted by Crippen LogP contribution is 2.19. The maximum Gasteiger partial charge on any atom is 0.224 e. The molecule has 2 aromatic carbocycles. The Morgan fingerprint density at radius 1 is 1.14 bits per heavy atom. The van der Waals surface area contributed by atoms with Crippen molar-refractivity contribution in [3.63, 3.8) is 0 Å². The Morgan fingerprint density at radius 3 is 2.41 bits per heavy atom. The molecular weight excluding hydrogens is 274 g/mol. The summed E-state index contributed by atoms with van der Waals surface area (Å²) >= 11 is 0. The molecule has 0 fully saturated rings. The summed E-state index contributed by atoms with van der Waals surface area (Å²) in [5, 5.41) is 3.06. The third kappa shape index (κ3) is 4.10. The van der Waals surface area contributed by atoms with Gasteiger partial charge in [0, 0.05) is 0 Å². The Labute approximate surface area is 132 Å². The molecule has 0 heterocycles. The van der Waals surface area contributed by atoms with Gasteiger partial charge in [0.25, 0.3) is 0 Å². The Morgan fingerprint density at radius 2 is 1.82 bits per heavy atom. The van der Waals surface area contributed by atoms with Gasteiger partial charge in [-0.2, -0.15) is 0 Å². The molecule has 1 atom stereocenters. The molecule has 22 heavy (non-hydrogen) atoms. The van der Waals surface area contributed by atoms with Crippen LogP contribution in [-0.4, -0.2) is 13.0 Å². The number of hydrogen-bond acceptors (Lipinski definition) is 2. The minimum absolute atomic E-state index is 0.00588. The number of nitrogens with one attached hydrogen (secondary N) is 1. The van der Waals surface area contributed by atoms with E-state index in [4.69, 9.17) is 4.74 Å². The molecule has 0 saturated heterocycles. The molecular formula is C19H23NO2. The van der Waals surface area contributed by atoms with Crippen molar-refractivity contribution in [2.24, 2.45) is 0 Å². The number of carbonyl (C=O) groups excluding carboxylic acids is 1. The molecule has 3 nitrogen and oxygen atoms in total. The Balaban J connectivity index is 1.98. The molecule has 3 heteroatoms. The van der Waals surface area contributed by atoms with E-state index in [0.717, 1.165) is 16.9 Å². The minimum atomic E-state index is 0.00588. The van der Waals surface area contributed by atoms with Gasteiger partial charge in [-0.05, 0) is 49.6 Å². The lowest BCUT2D eigenvalue weighted by Gasteiger charge is -2.17. The van der Waals surface area contributed by atoms with Gasteiger partial charge in [-0.1, -0.05) is 35.9 Å². The zero-order valence-electron chi connectivity index (χ0n) is 13.6. The van der Waals surface area contributed by atoms with Crippen molar-refractivity contribution in [2.45, 2.75) is 33.2 Å². The largest absolute Gasteiger partial charge is 0.497 e. The number of aryl methyl sites for hydroxylation is 2. The van der Waals surface area contributed by atoms with E-state index in [1.165, 1.54) is 11.1 Å². The van der Waals surface area contributed by atoms with E-state index in [1.54, 1.807) is 7.11 Å². The first kappa shape index (κ1) is 16.1. The summed E-state index contributed by atoms with van der Waals surface area (Å²) in [5.41, 5.74) is 4.58. The minimum Gasteiger partial charge on any atom is -0.497 e. The molecule has 0 bridgehead atoms. The summed E-state index contributed by atoms with van der Waals surface area (Å²) in [4.78, 5) is 12.2. The molecule has 1 N–H and O–H groups in total. The Kier molecular flexibility index (Phi) is 5.21. The maximum atomic E-state index is 12.2. The second-order valence-corrected chi connectivity index (χ2v) is 5.67. The number of carbonyl (C=O) groups is 1. The van der Waals surface area contributed by atoms with Crippen molar-refractivity contribution >= 4 is 5.91 Å². The van der Waals surface area contributed by atoms with E-state index in [9.17, 15) is 4.79 Å². The van der Waals surface area contributed by atoms with Gasteiger partial charge in [-0.15, -0.1) is 0 Å². The van der Waals surface area contributed by atoms with Gasteiger partial charge in [0.2, 0.25) is 5.91 Å². The molecule has 1 amide bonds. The average molecular weight is 297 g/mol. The molecule has 0 aliphatic carbocycles. The lowest BCUT2D eigenvalue weighted by molar-refractivity contribution is -0.121. The van der Waals surface area contributed by atoms with Crippen molar-refractivity contribution < 1.29 is 9.53 Å². The molecule has 0 spiro atoms. The van der Waals surface area contributed by atoms with Crippen molar-refractivity contribution in [1.29, 1.82) is 0 Å². The lowest BCUT2D eigenvalue weighted by Crippen LogP contribution is -2.28. The van der Waals surface area contributed by atoms with Crippen LogP contribution in [0, 0.1) is 13.8 Å². The first-order valence-corrected chi connectivity index (χ1v) is 7.49. The van der Waals surface area contributed by atoms with Crippen molar-refractivity contribution in [3.05, 3.63) is 64.7 Å².